The summed E-state index contributed by atoms with van der Waals surface area (Å²) in [7, 11) is 1.81. The highest BCUT2D eigenvalue weighted by atomic mass is 16.3. The molecule has 0 saturated heterocycles. The Morgan fingerprint density at radius 1 is 1.50 bits per heavy atom. The van der Waals surface area contributed by atoms with E-state index < -0.39 is 0 Å². The number of amides is 1. The summed E-state index contributed by atoms with van der Waals surface area (Å²) in [6.07, 6.45) is 6.54. The first-order valence-electron chi connectivity index (χ1n) is 7.03. The normalized spacial score (nSPS) is 15.7. The molecular weight excluding hydrogens is 254 g/mol. The van der Waals surface area contributed by atoms with Crippen LogP contribution in [0.5, 0.6) is 0 Å². The van der Waals surface area contributed by atoms with E-state index in [4.69, 9.17) is 4.42 Å². The second kappa shape index (κ2) is 5.15. The number of rotatable bonds is 3. The Labute approximate surface area is 118 Å². The van der Waals surface area contributed by atoms with Crippen LogP contribution in [0.25, 0.3) is 0 Å². The van der Waals surface area contributed by atoms with Crippen molar-refractivity contribution in [2.45, 2.75) is 38.8 Å². The lowest BCUT2D eigenvalue weighted by atomic mass is 10.1. The number of furan rings is 1. The monoisotopic (exact) mass is 273 g/mol. The fourth-order valence-corrected chi connectivity index (χ4v) is 2.69. The third kappa shape index (κ3) is 2.13. The molecule has 106 valence electrons. The predicted molar refractivity (Wildman–Crippen MR) is 74.4 cm³/mol. The Morgan fingerprint density at radius 3 is 3.10 bits per heavy atom. The Kier molecular flexibility index (Phi) is 3.34. The van der Waals surface area contributed by atoms with E-state index >= 15 is 0 Å². The maximum atomic E-state index is 12.6. The van der Waals surface area contributed by atoms with Gasteiger partial charge in [-0.1, -0.05) is 0 Å². The number of carbonyl (C=O) groups excluding carboxylic acids is 1. The summed E-state index contributed by atoms with van der Waals surface area (Å²) in [5, 5.41) is 4.33. The number of fused-ring (bicyclic) bond motifs is 1. The Bertz CT molecular complexity index is 601. The van der Waals surface area contributed by atoms with E-state index in [1.807, 2.05) is 30.8 Å². The van der Waals surface area contributed by atoms with E-state index in [1.54, 1.807) is 17.4 Å². The van der Waals surface area contributed by atoms with Crippen LogP contribution in [0.4, 0.5) is 0 Å². The molecule has 0 bridgehead atoms. The summed E-state index contributed by atoms with van der Waals surface area (Å²) < 4.78 is 7.34. The zero-order valence-corrected chi connectivity index (χ0v) is 11.9. The number of aromatic nitrogens is 2. The third-order valence-corrected chi connectivity index (χ3v) is 4.07. The molecule has 5 nitrogen and oxygen atoms in total. The van der Waals surface area contributed by atoms with Crippen molar-refractivity contribution in [3.63, 3.8) is 0 Å². The molecule has 20 heavy (non-hydrogen) atoms. The van der Waals surface area contributed by atoms with Crippen molar-refractivity contribution in [2.24, 2.45) is 0 Å². The van der Waals surface area contributed by atoms with Crippen LogP contribution in [-0.4, -0.2) is 27.6 Å². The second-order valence-corrected chi connectivity index (χ2v) is 5.29. The maximum Gasteiger partial charge on any atom is 0.257 e. The highest BCUT2D eigenvalue weighted by Gasteiger charge is 2.26. The number of aryl methyl sites for hydroxylation is 1. The molecule has 2 aromatic rings. The van der Waals surface area contributed by atoms with Gasteiger partial charge in [0.15, 0.2) is 0 Å². The molecule has 1 unspecified atom stereocenters. The van der Waals surface area contributed by atoms with Gasteiger partial charge in [0.25, 0.3) is 5.91 Å². The van der Waals surface area contributed by atoms with Gasteiger partial charge in [-0.05, 0) is 38.3 Å². The first kappa shape index (κ1) is 13.0. The first-order valence-corrected chi connectivity index (χ1v) is 7.03. The zero-order chi connectivity index (χ0) is 14.1. The van der Waals surface area contributed by atoms with Crippen LogP contribution in [-0.2, 0) is 13.0 Å². The summed E-state index contributed by atoms with van der Waals surface area (Å²) in [5.74, 6) is 0.805. The van der Waals surface area contributed by atoms with Crippen LogP contribution in [0, 0.1) is 0 Å². The highest BCUT2D eigenvalue weighted by molar-refractivity contribution is 5.95. The van der Waals surface area contributed by atoms with E-state index in [-0.39, 0.29) is 11.9 Å². The van der Waals surface area contributed by atoms with Gasteiger partial charge in [-0.15, -0.1) is 0 Å². The molecule has 0 fully saturated rings. The van der Waals surface area contributed by atoms with E-state index in [9.17, 15) is 4.79 Å². The van der Waals surface area contributed by atoms with Crippen molar-refractivity contribution >= 4 is 5.91 Å². The van der Waals surface area contributed by atoms with Gasteiger partial charge in [0.05, 0.1) is 29.8 Å². The lowest BCUT2D eigenvalue weighted by Gasteiger charge is -2.24. The van der Waals surface area contributed by atoms with Crippen molar-refractivity contribution in [3.8, 4) is 0 Å². The van der Waals surface area contributed by atoms with E-state index in [1.165, 1.54) is 0 Å². The van der Waals surface area contributed by atoms with Crippen LogP contribution in [0.2, 0.25) is 0 Å². The standard InChI is InChI=1S/C15H19N3O2/c1-11(14-7-5-9-20-14)17(2)15(19)12-10-16-18-8-4-3-6-13(12)18/h5,7,9-11H,3-4,6,8H2,1-2H3. The van der Waals surface area contributed by atoms with Crippen molar-refractivity contribution in [1.82, 2.24) is 14.7 Å². The first-order chi connectivity index (χ1) is 9.68. The maximum absolute atomic E-state index is 12.6. The second-order valence-electron chi connectivity index (χ2n) is 5.29. The van der Waals surface area contributed by atoms with Crippen molar-refractivity contribution < 1.29 is 9.21 Å². The minimum absolute atomic E-state index is 0.0112. The van der Waals surface area contributed by atoms with Gasteiger partial charge in [0.2, 0.25) is 0 Å². The van der Waals surface area contributed by atoms with E-state index in [2.05, 4.69) is 5.10 Å². The fourth-order valence-electron chi connectivity index (χ4n) is 2.69. The van der Waals surface area contributed by atoms with Crippen LogP contribution in [0.15, 0.2) is 29.0 Å². The molecule has 1 atom stereocenters. The molecule has 1 aliphatic heterocycles. The highest BCUT2D eigenvalue weighted by Crippen LogP contribution is 2.24. The summed E-state index contributed by atoms with van der Waals surface area (Å²) in [6, 6.07) is 3.64. The van der Waals surface area contributed by atoms with Crippen molar-refractivity contribution in [1.29, 1.82) is 0 Å². The molecule has 0 spiro atoms. The third-order valence-electron chi connectivity index (χ3n) is 4.07. The Hall–Kier alpha value is -2.04. The topological polar surface area (TPSA) is 51.3 Å². The molecule has 0 aromatic carbocycles. The average molecular weight is 273 g/mol. The summed E-state index contributed by atoms with van der Waals surface area (Å²) in [4.78, 5) is 14.4. The minimum atomic E-state index is -0.0864. The Balaban J connectivity index is 1.83. The van der Waals surface area contributed by atoms with Crippen LogP contribution in [0.1, 0.15) is 47.6 Å². The summed E-state index contributed by atoms with van der Waals surface area (Å²) in [5.41, 5.74) is 1.80. The van der Waals surface area contributed by atoms with E-state index in [0.717, 1.165) is 42.8 Å². The molecular formula is C15H19N3O2. The zero-order valence-electron chi connectivity index (χ0n) is 11.9. The minimum Gasteiger partial charge on any atom is -0.467 e. The van der Waals surface area contributed by atoms with E-state index in [0.29, 0.717) is 0 Å². The molecule has 2 aromatic heterocycles. The molecule has 0 aliphatic carbocycles. The van der Waals surface area contributed by atoms with Crippen LogP contribution < -0.4 is 0 Å². The smallest absolute Gasteiger partial charge is 0.257 e. The summed E-state index contributed by atoms with van der Waals surface area (Å²) >= 11 is 0. The van der Waals surface area contributed by atoms with Crippen LogP contribution in [0.3, 0.4) is 0 Å². The molecule has 3 heterocycles. The molecule has 1 aliphatic rings. The fraction of sp³-hybridized carbons (Fsp3) is 0.467. The Morgan fingerprint density at radius 2 is 2.35 bits per heavy atom. The number of carbonyl (C=O) groups is 1. The molecule has 5 heteroatoms. The molecule has 3 rings (SSSR count). The number of hydrogen-bond donors (Lipinski definition) is 0. The largest absolute Gasteiger partial charge is 0.467 e. The molecule has 0 N–H and O–H groups in total. The SMILES string of the molecule is CC(c1ccco1)N(C)C(=O)c1cnn2c1CCCC2. The predicted octanol–water partition coefficient (Wildman–Crippen LogP) is 2.65. The van der Waals surface area contributed by atoms with Gasteiger partial charge in [-0.2, -0.15) is 5.10 Å². The van der Waals surface area contributed by atoms with Gasteiger partial charge in [0, 0.05) is 13.6 Å². The van der Waals surface area contributed by atoms with Gasteiger partial charge in [0.1, 0.15) is 5.76 Å². The summed E-state index contributed by atoms with van der Waals surface area (Å²) in [6.45, 7) is 2.88. The average Bonchev–Trinajstić information content (AvgIpc) is 3.14. The molecule has 1 amide bonds. The lowest BCUT2D eigenvalue weighted by Crippen LogP contribution is -2.30. The van der Waals surface area contributed by atoms with Gasteiger partial charge in [-0.3, -0.25) is 9.48 Å². The van der Waals surface area contributed by atoms with Gasteiger partial charge < -0.3 is 9.32 Å². The molecule has 0 radical (unpaired) electrons. The van der Waals surface area contributed by atoms with Crippen molar-refractivity contribution in [2.75, 3.05) is 7.05 Å². The van der Waals surface area contributed by atoms with Gasteiger partial charge >= 0.3 is 0 Å². The van der Waals surface area contributed by atoms with Gasteiger partial charge in [-0.25, -0.2) is 0 Å². The quantitative estimate of drug-likeness (QED) is 0.864. The van der Waals surface area contributed by atoms with Crippen molar-refractivity contribution in [3.05, 3.63) is 41.6 Å². The lowest BCUT2D eigenvalue weighted by molar-refractivity contribution is 0.0724. The number of hydrogen-bond acceptors (Lipinski definition) is 3. The van der Waals surface area contributed by atoms with Crippen LogP contribution >= 0.6 is 0 Å². The number of nitrogens with zero attached hydrogens (tertiary/aromatic N) is 3. The molecule has 0 saturated carbocycles.